The minimum Gasteiger partial charge on any atom is -0.488 e. The SMILES string of the molecule is Cc1cc(Cl)cc(C)c1OCc1cccc(C(=N)N)c1. The van der Waals surface area contributed by atoms with Crippen molar-refractivity contribution in [3.8, 4) is 5.75 Å². The summed E-state index contributed by atoms with van der Waals surface area (Å²) in [5.74, 6) is 0.910. The fourth-order valence-electron chi connectivity index (χ4n) is 2.11. The molecule has 2 aromatic carbocycles. The number of amidine groups is 1. The van der Waals surface area contributed by atoms with Gasteiger partial charge in [0.1, 0.15) is 18.2 Å². The molecule has 3 nitrogen and oxygen atoms in total. The zero-order chi connectivity index (χ0) is 14.7. The van der Waals surface area contributed by atoms with Crippen LogP contribution >= 0.6 is 11.6 Å². The second kappa shape index (κ2) is 5.97. The summed E-state index contributed by atoms with van der Waals surface area (Å²) in [6.45, 7) is 4.38. The van der Waals surface area contributed by atoms with E-state index >= 15 is 0 Å². The van der Waals surface area contributed by atoms with Crippen LogP contribution in [-0.4, -0.2) is 5.84 Å². The number of nitrogen functional groups attached to an aromatic ring is 1. The van der Waals surface area contributed by atoms with Crippen molar-refractivity contribution in [3.63, 3.8) is 0 Å². The molecule has 0 heterocycles. The fraction of sp³-hybridized carbons (Fsp3) is 0.188. The number of hydrogen-bond donors (Lipinski definition) is 2. The molecule has 0 aromatic heterocycles. The van der Waals surface area contributed by atoms with Crippen molar-refractivity contribution >= 4 is 17.4 Å². The number of rotatable bonds is 4. The molecule has 4 heteroatoms. The van der Waals surface area contributed by atoms with E-state index in [1.54, 1.807) is 0 Å². The molecule has 3 N–H and O–H groups in total. The first kappa shape index (κ1) is 14.4. The maximum Gasteiger partial charge on any atom is 0.125 e. The topological polar surface area (TPSA) is 59.1 Å². The summed E-state index contributed by atoms with van der Waals surface area (Å²) in [6.07, 6.45) is 0. The number of hydrogen-bond acceptors (Lipinski definition) is 2. The second-order valence-electron chi connectivity index (χ2n) is 4.77. The van der Waals surface area contributed by atoms with Crippen molar-refractivity contribution in [1.29, 1.82) is 5.41 Å². The number of ether oxygens (including phenoxy) is 1. The third kappa shape index (κ3) is 3.31. The Bertz CT molecular complexity index is 630. The number of benzene rings is 2. The summed E-state index contributed by atoms with van der Waals surface area (Å²) < 4.78 is 5.87. The highest BCUT2D eigenvalue weighted by Crippen LogP contribution is 2.27. The largest absolute Gasteiger partial charge is 0.488 e. The molecule has 2 rings (SSSR count). The van der Waals surface area contributed by atoms with Gasteiger partial charge in [0.25, 0.3) is 0 Å². The molecule has 0 aliphatic rings. The van der Waals surface area contributed by atoms with Gasteiger partial charge in [-0.2, -0.15) is 0 Å². The Labute approximate surface area is 123 Å². The van der Waals surface area contributed by atoms with Crippen LogP contribution in [0.4, 0.5) is 0 Å². The van der Waals surface area contributed by atoms with Crippen molar-refractivity contribution < 1.29 is 4.74 Å². The Morgan fingerprint density at radius 3 is 2.45 bits per heavy atom. The van der Waals surface area contributed by atoms with Crippen molar-refractivity contribution in [1.82, 2.24) is 0 Å². The van der Waals surface area contributed by atoms with Crippen molar-refractivity contribution in [2.75, 3.05) is 0 Å². The van der Waals surface area contributed by atoms with E-state index in [2.05, 4.69) is 0 Å². The van der Waals surface area contributed by atoms with Gasteiger partial charge < -0.3 is 10.5 Å². The summed E-state index contributed by atoms with van der Waals surface area (Å²) in [6, 6.07) is 11.3. The minimum absolute atomic E-state index is 0.0608. The average Bonchev–Trinajstić information content (AvgIpc) is 2.37. The molecule has 0 spiro atoms. The Morgan fingerprint density at radius 1 is 1.20 bits per heavy atom. The van der Waals surface area contributed by atoms with Crippen LogP contribution in [0.3, 0.4) is 0 Å². The molecule has 0 aliphatic carbocycles. The van der Waals surface area contributed by atoms with Crippen LogP contribution in [0.15, 0.2) is 36.4 Å². The van der Waals surface area contributed by atoms with Gasteiger partial charge in [-0.15, -0.1) is 0 Å². The van der Waals surface area contributed by atoms with Gasteiger partial charge in [-0.3, -0.25) is 5.41 Å². The van der Waals surface area contributed by atoms with E-state index in [0.29, 0.717) is 17.2 Å². The number of halogens is 1. The molecule has 0 aliphatic heterocycles. The van der Waals surface area contributed by atoms with Gasteiger partial charge in [-0.05, 0) is 48.7 Å². The third-order valence-electron chi connectivity index (χ3n) is 3.05. The lowest BCUT2D eigenvalue weighted by molar-refractivity contribution is 0.302. The lowest BCUT2D eigenvalue weighted by Gasteiger charge is -2.13. The molecule has 104 valence electrons. The molecule has 0 amide bonds. The summed E-state index contributed by atoms with van der Waals surface area (Å²) in [4.78, 5) is 0. The van der Waals surface area contributed by atoms with Crippen molar-refractivity contribution in [2.24, 2.45) is 5.73 Å². The molecule has 0 radical (unpaired) electrons. The van der Waals surface area contributed by atoms with E-state index in [0.717, 1.165) is 22.4 Å². The van der Waals surface area contributed by atoms with Crippen molar-refractivity contribution in [3.05, 3.63) is 63.7 Å². The molecule has 2 aromatic rings. The zero-order valence-corrected chi connectivity index (χ0v) is 12.3. The van der Waals surface area contributed by atoms with Crippen LogP contribution in [0, 0.1) is 19.3 Å². The molecule has 0 fully saturated rings. The molecule has 0 unspecified atom stereocenters. The predicted octanol–water partition coefficient (Wildman–Crippen LogP) is 3.82. The van der Waals surface area contributed by atoms with Gasteiger partial charge in [0.2, 0.25) is 0 Å². The highest BCUT2D eigenvalue weighted by Gasteiger charge is 2.06. The Kier molecular flexibility index (Phi) is 4.30. The second-order valence-corrected chi connectivity index (χ2v) is 5.21. The van der Waals surface area contributed by atoms with Gasteiger partial charge >= 0.3 is 0 Å². The van der Waals surface area contributed by atoms with Crippen LogP contribution in [-0.2, 0) is 6.61 Å². The number of nitrogens with one attached hydrogen (secondary N) is 1. The van der Waals surface area contributed by atoms with Gasteiger partial charge in [0.05, 0.1) is 0 Å². The van der Waals surface area contributed by atoms with E-state index < -0.39 is 0 Å². The normalized spacial score (nSPS) is 10.3. The van der Waals surface area contributed by atoms with Crippen LogP contribution < -0.4 is 10.5 Å². The monoisotopic (exact) mass is 288 g/mol. The quantitative estimate of drug-likeness (QED) is 0.664. The van der Waals surface area contributed by atoms with Gasteiger partial charge in [-0.1, -0.05) is 29.8 Å². The first-order chi connectivity index (χ1) is 9.47. The zero-order valence-electron chi connectivity index (χ0n) is 11.5. The van der Waals surface area contributed by atoms with Crippen LogP contribution in [0.2, 0.25) is 5.02 Å². The average molecular weight is 289 g/mol. The fourth-order valence-corrected chi connectivity index (χ4v) is 2.44. The van der Waals surface area contributed by atoms with Crippen LogP contribution in [0.25, 0.3) is 0 Å². The van der Waals surface area contributed by atoms with E-state index in [9.17, 15) is 0 Å². The smallest absolute Gasteiger partial charge is 0.125 e. The molecule has 0 bridgehead atoms. The number of nitrogens with two attached hydrogens (primary N) is 1. The highest BCUT2D eigenvalue weighted by atomic mass is 35.5. The molecule has 20 heavy (non-hydrogen) atoms. The van der Waals surface area contributed by atoms with Crippen molar-refractivity contribution in [2.45, 2.75) is 20.5 Å². The maximum atomic E-state index is 7.44. The Balaban J connectivity index is 2.17. The van der Waals surface area contributed by atoms with E-state index in [-0.39, 0.29) is 5.84 Å². The van der Waals surface area contributed by atoms with Crippen LogP contribution in [0.5, 0.6) is 5.75 Å². The summed E-state index contributed by atoms with van der Waals surface area (Å²) in [5.41, 5.74) is 9.19. The lowest BCUT2D eigenvalue weighted by atomic mass is 10.1. The standard InChI is InChI=1S/C16H17ClN2O/c1-10-6-14(17)7-11(2)15(10)20-9-12-4-3-5-13(8-12)16(18)19/h3-8H,9H2,1-2H3,(H3,18,19). The lowest BCUT2D eigenvalue weighted by Crippen LogP contribution is -2.11. The van der Waals surface area contributed by atoms with Crippen LogP contribution in [0.1, 0.15) is 22.3 Å². The third-order valence-corrected chi connectivity index (χ3v) is 3.26. The number of aryl methyl sites for hydroxylation is 2. The van der Waals surface area contributed by atoms with E-state index in [1.807, 2.05) is 50.2 Å². The molecular weight excluding hydrogens is 272 g/mol. The summed E-state index contributed by atoms with van der Waals surface area (Å²) >= 11 is 6.00. The Hall–Kier alpha value is -2.00. The first-order valence-electron chi connectivity index (χ1n) is 6.30. The van der Waals surface area contributed by atoms with Gasteiger partial charge in [-0.25, -0.2) is 0 Å². The molecule has 0 atom stereocenters. The molecule has 0 saturated heterocycles. The maximum absolute atomic E-state index is 7.44. The van der Waals surface area contributed by atoms with Gasteiger partial charge in [0, 0.05) is 10.6 Å². The highest BCUT2D eigenvalue weighted by molar-refractivity contribution is 6.30. The summed E-state index contributed by atoms with van der Waals surface area (Å²) in [7, 11) is 0. The van der Waals surface area contributed by atoms with Gasteiger partial charge in [0.15, 0.2) is 0 Å². The Morgan fingerprint density at radius 2 is 1.85 bits per heavy atom. The minimum atomic E-state index is 0.0608. The molecular formula is C16H17ClN2O. The predicted molar refractivity (Wildman–Crippen MR) is 82.7 cm³/mol. The molecule has 0 saturated carbocycles. The summed E-state index contributed by atoms with van der Waals surface area (Å²) in [5, 5.41) is 8.16. The van der Waals surface area contributed by atoms with E-state index in [1.165, 1.54) is 0 Å². The van der Waals surface area contributed by atoms with E-state index in [4.69, 9.17) is 27.5 Å². The first-order valence-corrected chi connectivity index (χ1v) is 6.68.